The van der Waals surface area contributed by atoms with Crippen LogP contribution in [0.4, 0.5) is 5.69 Å². The van der Waals surface area contributed by atoms with Crippen LogP contribution in [0.3, 0.4) is 0 Å². The Morgan fingerprint density at radius 3 is 2.29 bits per heavy atom. The minimum atomic E-state index is -3.89. The van der Waals surface area contributed by atoms with Crippen LogP contribution in [-0.4, -0.2) is 57.1 Å². The average Bonchev–Trinajstić information content (AvgIpc) is 2.95. The quantitative estimate of drug-likeness (QED) is 0.299. The van der Waals surface area contributed by atoms with Crippen molar-refractivity contribution in [2.45, 2.75) is 52.2 Å². The first kappa shape index (κ1) is 32.0. The molecule has 0 heterocycles. The van der Waals surface area contributed by atoms with Gasteiger partial charge in [0.2, 0.25) is 21.8 Å². The van der Waals surface area contributed by atoms with Gasteiger partial charge >= 0.3 is 0 Å². The van der Waals surface area contributed by atoms with Gasteiger partial charge in [0.05, 0.1) is 19.1 Å². The van der Waals surface area contributed by atoms with Crippen LogP contribution in [0.1, 0.15) is 37.0 Å². The zero-order valence-electron chi connectivity index (χ0n) is 24.1. The standard InChI is InChI=1S/C31H38ClN3O5S/c1-6-22(2)33-31(37)29(19-24-12-8-7-9-13-24)34(20-25-14-10-15-26(18-25)40-4)30(36)21-35(41(5,38)39)28-17-11-16-27(32)23(28)3/h7-18,22,29H,6,19-21H2,1-5H3,(H,33,37)/t22-,29-/m1/s1. The number of anilines is 1. The van der Waals surface area contributed by atoms with Gasteiger partial charge in [0.1, 0.15) is 18.3 Å². The van der Waals surface area contributed by atoms with Crippen molar-refractivity contribution in [2.24, 2.45) is 0 Å². The van der Waals surface area contributed by atoms with E-state index < -0.39 is 28.5 Å². The van der Waals surface area contributed by atoms with Gasteiger partial charge in [-0.25, -0.2) is 8.42 Å². The molecule has 41 heavy (non-hydrogen) atoms. The van der Waals surface area contributed by atoms with E-state index in [1.54, 1.807) is 50.4 Å². The van der Waals surface area contributed by atoms with E-state index in [1.165, 1.54) is 4.90 Å². The fraction of sp³-hybridized carbons (Fsp3) is 0.355. The highest BCUT2D eigenvalue weighted by molar-refractivity contribution is 7.92. The first-order valence-corrected chi connectivity index (χ1v) is 15.7. The topological polar surface area (TPSA) is 96.0 Å². The van der Waals surface area contributed by atoms with Crippen molar-refractivity contribution in [1.82, 2.24) is 10.2 Å². The molecule has 0 unspecified atom stereocenters. The lowest BCUT2D eigenvalue weighted by Gasteiger charge is -2.34. The molecule has 3 aromatic rings. The van der Waals surface area contributed by atoms with Gasteiger partial charge in [-0.2, -0.15) is 0 Å². The van der Waals surface area contributed by atoms with Crippen molar-refractivity contribution in [1.29, 1.82) is 0 Å². The Labute approximate surface area is 248 Å². The molecule has 0 aliphatic rings. The van der Waals surface area contributed by atoms with Crippen molar-refractivity contribution in [2.75, 3.05) is 24.2 Å². The second kappa shape index (κ2) is 14.4. The third-order valence-corrected chi connectivity index (χ3v) is 8.48. The van der Waals surface area contributed by atoms with Crippen LogP contribution in [0, 0.1) is 6.92 Å². The van der Waals surface area contributed by atoms with E-state index in [2.05, 4.69) is 5.32 Å². The molecule has 8 nitrogen and oxygen atoms in total. The molecule has 2 atom stereocenters. The minimum Gasteiger partial charge on any atom is -0.497 e. The van der Waals surface area contributed by atoms with Gasteiger partial charge in [-0.1, -0.05) is 67.1 Å². The molecule has 2 amide bonds. The Bertz CT molecular complexity index is 1450. The van der Waals surface area contributed by atoms with Crippen LogP contribution < -0.4 is 14.4 Å². The second-order valence-corrected chi connectivity index (χ2v) is 12.4. The van der Waals surface area contributed by atoms with E-state index in [4.69, 9.17) is 16.3 Å². The Balaban J connectivity index is 2.10. The van der Waals surface area contributed by atoms with Gasteiger partial charge in [0.15, 0.2) is 0 Å². The molecular formula is C31H38ClN3O5S. The fourth-order valence-corrected chi connectivity index (χ4v) is 5.49. The predicted octanol–water partition coefficient (Wildman–Crippen LogP) is 4.98. The summed E-state index contributed by atoms with van der Waals surface area (Å²) < 4.78 is 32.4. The van der Waals surface area contributed by atoms with Gasteiger partial charge in [-0.05, 0) is 61.2 Å². The normalized spacial score (nSPS) is 12.7. The molecule has 220 valence electrons. The summed E-state index contributed by atoms with van der Waals surface area (Å²) in [5, 5.41) is 3.40. The summed E-state index contributed by atoms with van der Waals surface area (Å²) in [7, 11) is -2.34. The van der Waals surface area contributed by atoms with Gasteiger partial charge in [-0.3, -0.25) is 13.9 Å². The molecule has 3 aromatic carbocycles. The molecule has 3 rings (SSSR count). The summed E-state index contributed by atoms with van der Waals surface area (Å²) in [4.78, 5) is 29.4. The van der Waals surface area contributed by atoms with Crippen LogP contribution in [-0.2, 0) is 32.6 Å². The summed E-state index contributed by atoms with van der Waals surface area (Å²) >= 11 is 6.31. The average molecular weight is 600 g/mol. The van der Waals surface area contributed by atoms with Gasteiger partial charge in [0.25, 0.3) is 0 Å². The number of benzene rings is 3. The van der Waals surface area contributed by atoms with E-state index in [0.717, 1.165) is 21.7 Å². The highest BCUT2D eigenvalue weighted by Gasteiger charge is 2.34. The van der Waals surface area contributed by atoms with Gasteiger partial charge in [-0.15, -0.1) is 0 Å². The number of amides is 2. The molecule has 0 saturated carbocycles. The lowest BCUT2D eigenvalue weighted by molar-refractivity contribution is -0.140. The lowest BCUT2D eigenvalue weighted by Crippen LogP contribution is -2.54. The number of hydrogen-bond acceptors (Lipinski definition) is 5. The molecule has 10 heteroatoms. The maximum absolute atomic E-state index is 14.2. The summed E-state index contributed by atoms with van der Waals surface area (Å²) in [5.41, 5.74) is 2.43. The first-order valence-electron chi connectivity index (χ1n) is 13.4. The molecule has 0 aliphatic carbocycles. The molecule has 0 spiro atoms. The first-order chi connectivity index (χ1) is 19.4. The van der Waals surface area contributed by atoms with E-state index in [0.29, 0.717) is 28.4 Å². The van der Waals surface area contributed by atoms with Crippen LogP contribution >= 0.6 is 11.6 Å². The minimum absolute atomic E-state index is 0.0631. The molecule has 0 fully saturated rings. The molecule has 0 aliphatic heterocycles. The van der Waals surface area contributed by atoms with Crippen LogP contribution in [0.2, 0.25) is 5.02 Å². The number of nitrogens with zero attached hydrogens (tertiary/aromatic N) is 2. The van der Waals surface area contributed by atoms with E-state index in [9.17, 15) is 18.0 Å². The van der Waals surface area contributed by atoms with Crippen molar-refractivity contribution in [3.8, 4) is 5.75 Å². The monoisotopic (exact) mass is 599 g/mol. The van der Waals surface area contributed by atoms with Crippen LogP contribution in [0.25, 0.3) is 0 Å². The number of rotatable bonds is 13. The Morgan fingerprint density at radius 2 is 1.66 bits per heavy atom. The van der Waals surface area contributed by atoms with Crippen LogP contribution in [0.5, 0.6) is 5.75 Å². The van der Waals surface area contributed by atoms with Crippen molar-refractivity contribution >= 4 is 39.1 Å². The highest BCUT2D eigenvalue weighted by atomic mass is 35.5. The Kier molecular flexibility index (Phi) is 11.2. The molecule has 0 aromatic heterocycles. The summed E-state index contributed by atoms with van der Waals surface area (Å²) in [6, 6.07) is 20.5. The lowest BCUT2D eigenvalue weighted by atomic mass is 10.0. The SMILES string of the molecule is CC[C@@H](C)NC(=O)[C@@H](Cc1ccccc1)N(Cc1cccc(OC)c1)C(=O)CN(c1cccc(Cl)c1C)S(C)(=O)=O. The Hall–Kier alpha value is -3.56. The number of nitrogens with one attached hydrogen (secondary N) is 1. The van der Waals surface area contributed by atoms with Crippen molar-refractivity contribution in [3.05, 3.63) is 94.5 Å². The third kappa shape index (κ3) is 8.71. The smallest absolute Gasteiger partial charge is 0.244 e. The number of methoxy groups -OCH3 is 1. The van der Waals surface area contributed by atoms with Gasteiger partial charge in [0, 0.05) is 24.0 Å². The molecule has 0 radical (unpaired) electrons. The molecule has 0 bridgehead atoms. The third-order valence-electron chi connectivity index (χ3n) is 6.95. The largest absolute Gasteiger partial charge is 0.497 e. The molecule has 0 saturated heterocycles. The fourth-order valence-electron chi connectivity index (χ4n) is 4.42. The number of ether oxygens (including phenoxy) is 1. The zero-order valence-corrected chi connectivity index (χ0v) is 25.7. The molecular weight excluding hydrogens is 562 g/mol. The Morgan fingerprint density at radius 1 is 1.00 bits per heavy atom. The predicted molar refractivity (Wildman–Crippen MR) is 164 cm³/mol. The van der Waals surface area contributed by atoms with E-state index in [-0.39, 0.29) is 24.9 Å². The summed E-state index contributed by atoms with van der Waals surface area (Å²) in [6.07, 6.45) is 2.00. The maximum atomic E-state index is 14.2. The maximum Gasteiger partial charge on any atom is 0.244 e. The second-order valence-electron chi connectivity index (χ2n) is 10.1. The number of halogens is 1. The van der Waals surface area contributed by atoms with Crippen LogP contribution in [0.15, 0.2) is 72.8 Å². The van der Waals surface area contributed by atoms with Crippen molar-refractivity contribution in [3.63, 3.8) is 0 Å². The van der Waals surface area contributed by atoms with E-state index >= 15 is 0 Å². The highest BCUT2D eigenvalue weighted by Crippen LogP contribution is 2.29. The van der Waals surface area contributed by atoms with E-state index in [1.807, 2.05) is 50.2 Å². The number of carbonyl (C=O) groups is 2. The molecule has 1 N–H and O–H groups in total. The van der Waals surface area contributed by atoms with Gasteiger partial charge < -0.3 is 15.0 Å². The van der Waals surface area contributed by atoms with Crippen molar-refractivity contribution < 1.29 is 22.7 Å². The number of carbonyl (C=O) groups excluding carboxylic acids is 2. The number of hydrogen-bond donors (Lipinski definition) is 1. The summed E-state index contributed by atoms with van der Waals surface area (Å²) in [5.74, 6) is -0.243. The number of sulfonamides is 1. The zero-order chi connectivity index (χ0) is 30.2. The summed E-state index contributed by atoms with van der Waals surface area (Å²) in [6.45, 7) is 5.12.